The molecule has 7 heteroatoms. The first-order valence-electron chi connectivity index (χ1n) is 7.47. The van der Waals surface area contributed by atoms with Gasteiger partial charge in [0.2, 0.25) is 5.91 Å². The Labute approximate surface area is 129 Å². The van der Waals surface area contributed by atoms with Crippen LogP contribution in [0.15, 0.2) is 25.2 Å². The van der Waals surface area contributed by atoms with Crippen molar-refractivity contribution in [3.8, 4) is 0 Å². The van der Waals surface area contributed by atoms with Crippen LogP contribution < -0.4 is 0 Å². The van der Waals surface area contributed by atoms with Crippen molar-refractivity contribution < 1.29 is 9.59 Å². The molecule has 3 heterocycles. The summed E-state index contributed by atoms with van der Waals surface area (Å²) in [5, 5.41) is 0. The lowest BCUT2D eigenvalue weighted by atomic mass is 9.91. The molecule has 0 aliphatic carbocycles. The van der Waals surface area contributed by atoms with Gasteiger partial charge in [0.25, 0.3) is 5.91 Å². The lowest BCUT2D eigenvalue weighted by Crippen LogP contribution is -2.66. The topological polar surface area (TPSA) is 72.5 Å². The third-order valence-electron chi connectivity index (χ3n) is 4.67. The Hall–Kier alpha value is -2.15. The number of aromatic amines is 1. The van der Waals surface area contributed by atoms with Crippen LogP contribution in [-0.2, 0) is 4.79 Å². The van der Waals surface area contributed by atoms with Gasteiger partial charge in [0, 0.05) is 39.8 Å². The third-order valence-corrected chi connectivity index (χ3v) is 4.67. The third kappa shape index (κ3) is 2.21. The molecule has 0 radical (unpaired) electrons. The molecular weight excluding hydrogens is 282 g/mol. The SMILES string of the molecule is C=CCN1CCN(C)C(=O)[C@@]12CCN(C(=O)c1cnc[nH]1)C2. The first-order chi connectivity index (χ1) is 10.6. The zero-order valence-corrected chi connectivity index (χ0v) is 12.8. The van der Waals surface area contributed by atoms with Gasteiger partial charge in [0.1, 0.15) is 11.2 Å². The number of carbonyl (C=O) groups excluding carboxylic acids is 2. The standard InChI is InChI=1S/C15H21N5O2/c1-3-5-20-8-7-18(2)14(22)15(20)4-6-19(10-15)13(21)12-9-16-11-17-12/h3,9,11H,1,4-8,10H2,2H3,(H,16,17)/t15-/m0/s1. The second-order valence-electron chi connectivity index (χ2n) is 5.93. The van der Waals surface area contributed by atoms with Crippen molar-refractivity contribution in [3.05, 3.63) is 30.9 Å². The number of hydrogen-bond donors (Lipinski definition) is 1. The average Bonchev–Trinajstić information content (AvgIpc) is 3.18. The molecule has 0 unspecified atom stereocenters. The van der Waals surface area contributed by atoms with Crippen LogP contribution in [0.2, 0.25) is 0 Å². The van der Waals surface area contributed by atoms with Gasteiger partial charge in [-0.15, -0.1) is 6.58 Å². The van der Waals surface area contributed by atoms with Crippen LogP contribution in [0.3, 0.4) is 0 Å². The van der Waals surface area contributed by atoms with Gasteiger partial charge in [-0.25, -0.2) is 4.98 Å². The summed E-state index contributed by atoms with van der Waals surface area (Å²) in [7, 11) is 1.83. The number of amides is 2. The van der Waals surface area contributed by atoms with E-state index < -0.39 is 5.54 Å². The van der Waals surface area contributed by atoms with Crippen LogP contribution in [0.5, 0.6) is 0 Å². The van der Waals surface area contributed by atoms with E-state index in [1.807, 2.05) is 13.1 Å². The summed E-state index contributed by atoms with van der Waals surface area (Å²) in [5.41, 5.74) is -0.152. The summed E-state index contributed by atoms with van der Waals surface area (Å²) in [5.74, 6) is -0.00512. The highest BCUT2D eigenvalue weighted by Crippen LogP contribution is 2.33. The van der Waals surface area contributed by atoms with Crippen molar-refractivity contribution in [2.24, 2.45) is 0 Å². The molecule has 1 N–H and O–H groups in total. The van der Waals surface area contributed by atoms with Gasteiger partial charge < -0.3 is 14.8 Å². The average molecular weight is 303 g/mol. The summed E-state index contributed by atoms with van der Waals surface area (Å²) in [6.07, 6.45) is 5.48. The molecule has 2 amide bonds. The number of rotatable bonds is 3. The lowest BCUT2D eigenvalue weighted by molar-refractivity contribution is -0.148. The number of H-pyrrole nitrogens is 1. The van der Waals surface area contributed by atoms with E-state index in [-0.39, 0.29) is 11.8 Å². The number of piperazine rings is 1. The second kappa shape index (κ2) is 5.57. The first-order valence-corrected chi connectivity index (χ1v) is 7.47. The molecule has 22 heavy (non-hydrogen) atoms. The highest BCUT2D eigenvalue weighted by Gasteiger charge is 2.53. The molecule has 1 aromatic rings. The summed E-state index contributed by atoms with van der Waals surface area (Å²) in [6.45, 7) is 6.96. The zero-order chi connectivity index (χ0) is 15.7. The molecule has 1 aromatic heterocycles. The van der Waals surface area contributed by atoms with E-state index in [9.17, 15) is 9.59 Å². The minimum atomic E-state index is -0.614. The molecule has 118 valence electrons. The number of likely N-dealkylation sites (N-methyl/N-ethyl adjacent to an activating group) is 1. The van der Waals surface area contributed by atoms with Crippen molar-refractivity contribution >= 4 is 11.8 Å². The number of hydrogen-bond acceptors (Lipinski definition) is 4. The van der Waals surface area contributed by atoms with E-state index in [0.717, 1.165) is 6.54 Å². The van der Waals surface area contributed by atoms with Gasteiger partial charge >= 0.3 is 0 Å². The Morgan fingerprint density at radius 1 is 1.50 bits per heavy atom. The van der Waals surface area contributed by atoms with Crippen molar-refractivity contribution in [2.45, 2.75) is 12.0 Å². The number of nitrogens with one attached hydrogen (secondary N) is 1. The largest absolute Gasteiger partial charge is 0.343 e. The molecule has 7 nitrogen and oxygen atoms in total. The number of likely N-dealkylation sites (tertiary alicyclic amines) is 1. The quantitative estimate of drug-likeness (QED) is 0.795. The molecule has 1 spiro atoms. The monoisotopic (exact) mass is 303 g/mol. The van der Waals surface area contributed by atoms with Crippen LogP contribution in [0.1, 0.15) is 16.9 Å². The predicted octanol–water partition coefficient (Wildman–Crippen LogP) is -0.0456. The molecule has 0 aromatic carbocycles. The Bertz CT molecular complexity index is 585. The number of carbonyl (C=O) groups is 2. The summed E-state index contributed by atoms with van der Waals surface area (Å²) in [6, 6.07) is 0. The molecule has 2 saturated heterocycles. The number of aromatic nitrogens is 2. The second-order valence-corrected chi connectivity index (χ2v) is 5.93. The first kappa shape index (κ1) is 14.8. The van der Waals surface area contributed by atoms with Crippen molar-refractivity contribution in [2.75, 3.05) is 39.8 Å². The summed E-state index contributed by atoms with van der Waals surface area (Å²) in [4.78, 5) is 37.6. The molecule has 3 rings (SSSR count). The van der Waals surface area contributed by atoms with Crippen molar-refractivity contribution in [1.29, 1.82) is 0 Å². The van der Waals surface area contributed by atoms with E-state index in [1.54, 1.807) is 9.80 Å². The van der Waals surface area contributed by atoms with E-state index in [4.69, 9.17) is 0 Å². The number of imidazole rings is 1. The van der Waals surface area contributed by atoms with Crippen LogP contribution in [0, 0.1) is 0 Å². The van der Waals surface area contributed by atoms with Gasteiger partial charge in [-0.05, 0) is 6.42 Å². The van der Waals surface area contributed by atoms with Gasteiger partial charge in [-0.3, -0.25) is 14.5 Å². The van der Waals surface area contributed by atoms with E-state index in [2.05, 4.69) is 21.4 Å². The predicted molar refractivity (Wildman–Crippen MR) is 81.2 cm³/mol. The van der Waals surface area contributed by atoms with Gasteiger partial charge in [-0.2, -0.15) is 0 Å². The highest BCUT2D eigenvalue weighted by molar-refractivity contribution is 5.94. The maximum Gasteiger partial charge on any atom is 0.271 e. The molecule has 0 bridgehead atoms. The Balaban J connectivity index is 1.84. The molecule has 0 saturated carbocycles. The van der Waals surface area contributed by atoms with E-state index >= 15 is 0 Å². The molecular formula is C15H21N5O2. The van der Waals surface area contributed by atoms with Gasteiger partial charge in [-0.1, -0.05) is 6.08 Å². The zero-order valence-electron chi connectivity index (χ0n) is 12.8. The fourth-order valence-electron chi connectivity index (χ4n) is 3.44. The maximum absolute atomic E-state index is 12.8. The molecule has 2 aliphatic rings. The maximum atomic E-state index is 12.8. The highest BCUT2D eigenvalue weighted by atomic mass is 16.2. The van der Waals surface area contributed by atoms with E-state index in [1.165, 1.54) is 12.5 Å². The lowest BCUT2D eigenvalue weighted by Gasteiger charge is -2.46. The van der Waals surface area contributed by atoms with Crippen LogP contribution in [0.25, 0.3) is 0 Å². The van der Waals surface area contributed by atoms with Crippen molar-refractivity contribution in [1.82, 2.24) is 24.7 Å². The molecule has 2 aliphatic heterocycles. The minimum absolute atomic E-state index is 0.0977. The number of nitrogens with zero attached hydrogens (tertiary/aromatic N) is 4. The molecule has 2 fully saturated rings. The minimum Gasteiger partial charge on any atom is -0.343 e. The summed E-state index contributed by atoms with van der Waals surface area (Å²) < 4.78 is 0. The fraction of sp³-hybridized carbons (Fsp3) is 0.533. The van der Waals surface area contributed by atoms with E-state index in [0.29, 0.717) is 38.3 Å². The Morgan fingerprint density at radius 2 is 2.32 bits per heavy atom. The van der Waals surface area contributed by atoms with Gasteiger partial charge in [0.05, 0.1) is 12.5 Å². The molecule has 1 atom stereocenters. The fourth-order valence-corrected chi connectivity index (χ4v) is 3.44. The smallest absolute Gasteiger partial charge is 0.271 e. The van der Waals surface area contributed by atoms with Crippen LogP contribution in [0.4, 0.5) is 0 Å². The normalized spacial score (nSPS) is 26.0. The Kier molecular flexibility index (Phi) is 3.74. The van der Waals surface area contributed by atoms with Gasteiger partial charge in [0.15, 0.2) is 0 Å². The van der Waals surface area contributed by atoms with Crippen molar-refractivity contribution in [3.63, 3.8) is 0 Å². The Morgan fingerprint density at radius 3 is 3.00 bits per heavy atom. The van der Waals surface area contributed by atoms with Crippen LogP contribution >= 0.6 is 0 Å². The summed E-state index contributed by atoms with van der Waals surface area (Å²) >= 11 is 0. The van der Waals surface area contributed by atoms with Crippen LogP contribution in [-0.4, -0.2) is 81.8 Å².